The van der Waals surface area contributed by atoms with Gasteiger partial charge in [0, 0.05) is 11.8 Å². The minimum atomic E-state index is -0.686. The second kappa shape index (κ2) is 2.46. The van der Waals surface area contributed by atoms with Crippen LogP contribution in [-0.2, 0) is 0 Å². The summed E-state index contributed by atoms with van der Waals surface area (Å²) in [5.41, 5.74) is 5.60. The van der Waals surface area contributed by atoms with Crippen LogP contribution in [0.5, 0.6) is 5.75 Å². The second-order valence-electron chi connectivity index (χ2n) is 1.84. The lowest BCUT2D eigenvalue weighted by molar-refractivity contribution is 0.431. The van der Waals surface area contributed by atoms with Gasteiger partial charge >= 0.3 is 0 Å². The average molecular weight is 206 g/mol. The van der Waals surface area contributed by atoms with Crippen LogP contribution >= 0.6 is 15.9 Å². The first-order chi connectivity index (χ1) is 4.61. The Balaban J connectivity index is 3.31. The van der Waals surface area contributed by atoms with E-state index in [9.17, 15) is 4.39 Å². The van der Waals surface area contributed by atoms with E-state index in [1.165, 1.54) is 6.07 Å². The Morgan fingerprint density at radius 3 is 2.60 bits per heavy atom. The maximum absolute atomic E-state index is 12.6. The summed E-state index contributed by atoms with van der Waals surface area (Å²) >= 11 is 2.88. The van der Waals surface area contributed by atoms with E-state index < -0.39 is 11.6 Å². The number of hydrogen-bond acceptors (Lipinski definition) is 2. The zero-order valence-electron chi connectivity index (χ0n) is 4.94. The van der Waals surface area contributed by atoms with Crippen molar-refractivity contribution in [2.24, 2.45) is 0 Å². The first-order valence-electron chi connectivity index (χ1n) is 2.54. The molecule has 0 radical (unpaired) electrons. The van der Waals surface area contributed by atoms with Crippen molar-refractivity contribution in [2.75, 3.05) is 5.73 Å². The minimum Gasteiger partial charge on any atom is -0.505 e. The smallest absolute Gasteiger partial charge is 0.179 e. The number of rotatable bonds is 0. The van der Waals surface area contributed by atoms with Gasteiger partial charge in [0.1, 0.15) is 0 Å². The molecule has 2 nitrogen and oxygen atoms in total. The number of phenols is 1. The molecule has 0 saturated heterocycles. The highest BCUT2D eigenvalue weighted by Gasteiger charge is 2.04. The number of halogens is 2. The van der Waals surface area contributed by atoms with Gasteiger partial charge in [0.2, 0.25) is 0 Å². The van der Waals surface area contributed by atoms with Gasteiger partial charge in [-0.15, -0.1) is 0 Å². The molecule has 0 heterocycles. The SMILES string of the molecule is Nc1cc(O)c(F)c(Br)c1. The van der Waals surface area contributed by atoms with E-state index in [1.54, 1.807) is 0 Å². The van der Waals surface area contributed by atoms with Crippen LogP contribution in [0.1, 0.15) is 0 Å². The molecule has 0 aliphatic carbocycles. The third-order valence-electron chi connectivity index (χ3n) is 1.03. The zero-order valence-corrected chi connectivity index (χ0v) is 6.52. The Kier molecular flexibility index (Phi) is 1.80. The Bertz CT molecular complexity index is 241. The fourth-order valence-electron chi connectivity index (χ4n) is 0.595. The number of phenolic OH excluding ortho intramolecular Hbond substituents is 1. The molecule has 10 heavy (non-hydrogen) atoms. The van der Waals surface area contributed by atoms with Crippen LogP contribution in [0.3, 0.4) is 0 Å². The van der Waals surface area contributed by atoms with Crippen molar-refractivity contribution < 1.29 is 9.50 Å². The van der Waals surface area contributed by atoms with Crippen molar-refractivity contribution in [2.45, 2.75) is 0 Å². The van der Waals surface area contributed by atoms with E-state index in [0.717, 1.165) is 6.07 Å². The first kappa shape index (κ1) is 7.34. The van der Waals surface area contributed by atoms with Crippen LogP contribution in [0, 0.1) is 5.82 Å². The zero-order chi connectivity index (χ0) is 7.72. The van der Waals surface area contributed by atoms with Gasteiger partial charge in [-0.2, -0.15) is 0 Å². The summed E-state index contributed by atoms with van der Waals surface area (Å²) in [6.45, 7) is 0. The van der Waals surface area contributed by atoms with Crippen LogP contribution in [-0.4, -0.2) is 5.11 Å². The van der Waals surface area contributed by atoms with Crippen LogP contribution in [0.25, 0.3) is 0 Å². The second-order valence-corrected chi connectivity index (χ2v) is 2.69. The lowest BCUT2D eigenvalue weighted by Crippen LogP contribution is -1.86. The van der Waals surface area contributed by atoms with Gasteiger partial charge in [-0.05, 0) is 22.0 Å². The largest absolute Gasteiger partial charge is 0.505 e. The Hall–Kier alpha value is -0.770. The Labute approximate surface area is 65.6 Å². The first-order valence-corrected chi connectivity index (χ1v) is 3.34. The van der Waals surface area contributed by atoms with Crippen LogP contribution in [0.2, 0.25) is 0 Å². The molecule has 0 aliphatic heterocycles. The fraction of sp³-hybridized carbons (Fsp3) is 0. The standard InChI is InChI=1S/C6H5BrFNO/c7-4-1-3(9)2-5(10)6(4)8/h1-2,10H,9H2. The summed E-state index contributed by atoms with van der Waals surface area (Å²) in [6.07, 6.45) is 0. The molecule has 54 valence electrons. The number of benzene rings is 1. The molecule has 4 heteroatoms. The third-order valence-corrected chi connectivity index (χ3v) is 1.61. The Morgan fingerprint density at radius 1 is 1.50 bits per heavy atom. The average Bonchev–Trinajstić information content (AvgIpc) is 1.82. The highest BCUT2D eigenvalue weighted by molar-refractivity contribution is 9.10. The van der Waals surface area contributed by atoms with E-state index in [1.807, 2.05) is 0 Å². The monoisotopic (exact) mass is 205 g/mol. The fourth-order valence-corrected chi connectivity index (χ4v) is 1.06. The van der Waals surface area contributed by atoms with Crippen molar-refractivity contribution in [1.82, 2.24) is 0 Å². The quantitative estimate of drug-likeness (QED) is 0.636. The predicted octanol–water partition coefficient (Wildman–Crippen LogP) is 1.88. The molecule has 0 fully saturated rings. The molecule has 0 aliphatic rings. The van der Waals surface area contributed by atoms with E-state index >= 15 is 0 Å². The lowest BCUT2D eigenvalue weighted by Gasteiger charge is -1.98. The van der Waals surface area contributed by atoms with Gasteiger partial charge < -0.3 is 10.8 Å². The molecule has 1 aromatic carbocycles. The van der Waals surface area contributed by atoms with Gasteiger partial charge in [-0.25, -0.2) is 4.39 Å². The molecule has 0 amide bonds. The molecule has 3 N–H and O–H groups in total. The van der Waals surface area contributed by atoms with Crippen LogP contribution in [0.4, 0.5) is 10.1 Å². The summed E-state index contributed by atoms with van der Waals surface area (Å²) in [6, 6.07) is 2.54. The number of aromatic hydroxyl groups is 1. The van der Waals surface area contributed by atoms with Crippen LogP contribution in [0.15, 0.2) is 16.6 Å². The van der Waals surface area contributed by atoms with Gasteiger partial charge in [-0.1, -0.05) is 0 Å². The van der Waals surface area contributed by atoms with Crippen LogP contribution < -0.4 is 5.73 Å². The Morgan fingerprint density at radius 2 is 2.10 bits per heavy atom. The van der Waals surface area contributed by atoms with Crippen molar-refractivity contribution in [1.29, 1.82) is 0 Å². The molecular formula is C6H5BrFNO. The van der Waals surface area contributed by atoms with E-state index in [4.69, 9.17) is 10.8 Å². The summed E-state index contributed by atoms with van der Waals surface area (Å²) in [5, 5.41) is 8.80. The van der Waals surface area contributed by atoms with Crippen molar-refractivity contribution >= 4 is 21.6 Å². The molecular weight excluding hydrogens is 201 g/mol. The van der Waals surface area contributed by atoms with Gasteiger partial charge in [0.05, 0.1) is 4.47 Å². The summed E-state index contributed by atoms with van der Waals surface area (Å²) in [4.78, 5) is 0. The number of nitrogen functional groups attached to an aromatic ring is 1. The van der Waals surface area contributed by atoms with Crippen molar-refractivity contribution in [3.63, 3.8) is 0 Å². The lowest BCUT2D eigenvalue weighted by atomic mass is 10.3. The molecule has 0 saturated carbocycles. The molecule has 1 rings (SSSR count). The molecule has 0 atom stereocenters. The maximum atomic E-state index is 12.6. The molecule has 0 spiro atoms. The highest BCUT2D eigenvalue weighted by atomic mass is 79.9. The summed E-state index contributed by atoms with van der Waals surface area (Å²) in [5.74, 6) is -1.12. The van der Waals surface area contributed by atoms with Crippen molar-refractivity contribution in [3.8, 4) is 5.75 Å². The number of hydrogen-bond donors (Lipinski definition) is 2. The number of anilines is 1. The molecule has 1 aromatic rings. The van der Waals surface area contributed by atoms with E-state index in [0.29, 0.717) is 5.69 Å². The molecule has 0 bridgehead atoms. The highest BCUT2D eigenvalue weighted by Crippen LogP contribution is 2.26. The van der Waals surface area contributed by atoms with E-state index in [-0.39, 0.29) is 4.47 Å². The van der Waals surface area contributed by atoms with Gasteiger partial charge in [0.15, 0.2) is 11.6 Å². The predicted molar refractivity (Wildman–Crippen MR) is 40.2 cm³/mol. The third kappa shape index (κ3) is 1.21. The van der Waals surface area contributed by atoms with Crippen molar-refractivity contribution in [3.05, 3.63) is 22.4 Å². The molecule has 0 unspecified atom stereocenters. The summed E-state index contributed by atoms with van der Waals surface area (Å²) in [7, 11) is 0. The topological polar surface area (TPSA) is 46.2 Å². The van der Waals surface area contributed by atoms with Gasteiger partial charge in [0.25, 0.3) is 0 Å². The maximum Gasteiger partial charge on any atom is 0.179 e. The summed E-state index contributed by atoms with van der Waals surface area (Å²) < 4.78 is 12.7. The normalized spacial score (nSPS) is 9.80. The minimum absolute atomic E-state index is 0.171. The van der Waals surface area contributed by atoms with E-state index in [2.05, 4.69) is 15.9 Å². The van der Waals surface area contributed by atoms with Gasteiger partial charge in [-0.3, -0.25) is 0 Å². The number of nitrogens with two attached hydrogens (primary N) is 1. The molecule has 0 aromatic heterocycles.